The van der Waals surface area contributed by atoms with Crippen LogP contribution >= 0.6 is 0 Å². The highest BCUT2D eigenvalue weighted by atomic mass is 16.5. The predicted molar refractivity (Wildman–Crippen MR) is 89.1 cm³/mol. The van der Waals surface area contributed by atoms with Crippen LogP contribution in [0, 0.1) is 0 Å². The number of hydrogen-bond donors (Lipinski definition) is 2. The number of ether oxygens (including phenoxy) is 1. The smallest absolute Gasteiger partial charge is 0.329 e. The summed E-state index contributed by atoms with van der Waals surface area (Å²) in [4.78, 5) is 10.3. The highest BCUT2D eigenvalue weighted by Gasteiger charge is 2.02. The Balaban J connectivity index is 2.15. The zero-order chi connectivity index (χ0) is 16.0. The average Bonchev–Trinajstić information content (AvgIpc) is 2.51. The Hall–Kier alpha value is -1.39. The van der Waals surface area contributed by atoms with Crippen molar-refractivity contribution in [2.45, 2.75) is 51.4 Å². The lowest BCUT2D eigenvalue weighted by Gasteiger charge is -2.09. The van der Waals surface area contributed by atoms with Crippen LogP contribution in [-0.4, -0.2) is 30.8 Å². The standard InChI is InChI=1S/C18H29NO3/c19-13-7-6-12-17-11-5-4-10-16(17)9-3-1-2-8-14-22-15-18(20)21/h4-5,10-11H,1-3,6-9,12-15,19H2,(H,20,21). The molecule has 0 aliphatic heterocycles. The van der Waals surface area contributed by atoms with E-state index in [0.29, 0.717) is 6.61 Å². The molecule has 0 bridgehead atoms. The van der Waals surface area contributed by atoms with E-state index in [1.807, 2.05) is 0 Å². The van der Waals surface area contributed by atoms with E-state index in [0.717, 1.165) is 51.5 Å². The van der Waals surface area contributed by atoms with E-state index < -0.39 is 5.97 Å². The van der Waals surface area contributed by atoms with Gasteiger partial charge in [0, 0.05) is 6.61 Å². The molecule has 0 radical (unpaired) electrons. The number of aliphatic carboxylic acids is 1. The fourth-order valence-electron chi connectivity index (χ4n) is 2.54. The average molecular weight is 307 g/mol. The van der Waals surface area contributed by atoms with Gasteiger partial charge in [0.25, 0.3) is 0 Å². The van der Waals surface area contributed by atoms with Gasteiger partial charge >= 0.3 is 5.97 Å². The fraction of sp³-hybridized carbons (Fsp3) is 0.611. The van der Waals surface area contributed by atoms with Gasteiger partial charge in [-0.1, -0.05) is 37.1 Å². The van der Waals surface area contributed by atoms with Gasteiger partial charge in [0.15, 0.2) is 0 Å². The minimum atomic E-state index is -0.897. The largest absolute Gasteiger partial charge is 0.480 e. The van der Waals surface area contributed by atoms with Crippen molar-refractivity contribution in [3.63, 3.8) is 0 Å². The first kappa shape index (κ1) is 18.7. The maximum atomic E-state index is 10.3. The second-order valence-electron chi connectivity index (χ2n) is 5.63. The minimum absolute atomic E-state index is 0.184. The van der Waals surface area contributed by atoms with Crippen molar-refractivity contribution in [2.75, 3.05) is 19.8 Å². The van der Waals surface area contributed by atoms with Crippen molar-refractivity contribution in [3.8, 4) is 0 Å². The fourth-order valence-corrected chi connectivity index (χ4v) is 2.54. The molecule has 0 heterocycles. The van der Waals surface area contributed by atoms with E-state index in [-0.39, 0.29) is 6.61 Å². The molecule has 0 atom stereocenters. The Morgan fingerprint density at radius 3 is 2.14 bits per heavy atom. The molecule has 1 aromatic rings. The molecular weight excluding hydrogens is 278 g/mol. The second kappa shape index (κ2) is 12.2. The molecule has 3 N–H and O–H groups in total. The Morgan fingerprint density at radius 2 is 1.55 bits per heavy atom. The van der Waals surface area contributed by atoms with Crippen LogP contribution in [0.3, 0.4) is 0 Å². The van der Waals surface area contributed by atoms with Crippen molar-refractivity contribution >= 4 is 5.97 Å². The van der Waals surface area contributed by atoms with Crippen LogP contribution in [0.4, 0.5) is 0 Å². The van der Waals surface area contributed by atoms with E-state index in [1.165, 1.54) is 17.5 Å². The topological polar surface area (TPSA) is 72.5 Å². The maximum absolute atomic E-state index is 10.3. The summed E-state index contributed by atoms with van der Waals surface area (Å²) in [5.74, 6) is -0.897. The van der Waals surface area contributed by atoms with E-state index in [9.17, 15) is 4.79 Å². The summed E-state index contributed by atoms with van der Waals surface area (Å²) in [7, 11) is 0. The first-order valence-corrected chi connectivity index (χ1v) is 8.30. The van der Waals surface area contributed by atoms with Gasteiger partial charge in [-0.3, -0.25) is 0 Å². The van der Waals surface area contributed by atoms with Gasteiger partial charge in [0.05, 0.1) is 0 Å². The molecule has 0 unspecified atom stereocenters. The minimum Gasteiger partial charge on any atom is -0.480 e. The summed E-state index contributed by atoms with van der Waals surface area (Å²) in [6.45, 7) is 1.13. The highest BCUT2D eigenvalue weighted by Crippen LogP contribution is 2.15. The molecule has 0 aliphatic carbocycles. The van der Waals surface area contributed by atoms with Gasteiger partial charge in [-0.15, -0.1) is 0 Å². The Kier molecular flexibility index (Phi) is 10.3. The van der Waals surface area contributed by atoms with Crippen LogP contribution in [0.25, 0.3) is 0 Å². The second-order valence-corrected chi connectivity index (χ2v) is 5.63. The zero-order valence-corrected chi connectivity index (χ0v) is 13.4. The van der Waals surface area contributed by atoms with Gasteiger partial charge in [-0.05, 0) is 56.2 Å². The van der Waals surface area contributed by atoms with E-state index in [4.69, 9.17) is 15.6 Å². The summed E-state index contributed by atoms with van der Waals surface area (Å²) in [6, 6.07) is 8.68. The Bertz CT molecular complexity index is 421. The van der Waals surface area contributed by atoms with Crippen molar-refractivity contribution < 1.29 is 14.6 Å². The quantitative estimate of drug-likeness (QED) is 0.549. The molecule has 0 amide bonds. The summed E-state index contributed by atoms with van der Waals surface area (Å²) < 4.78 is 5.02. The third kappa shape index (κ3) is 8.80. The lowest BCUT2D eigenvalue weighted by Crippen LogP contribution is -2.07. The van der Waals surface area contributed by atoms with Gasteiger partial charge in [-0.2, -0.15) is 0 Å². The van der Waals surface area contributed by atoms with Gasteiger partial charge in [0.2, 0.25) is 0 Å². The van der Waals surface area contributed by atoms with Crippen molar-refractivity contribution in [1.29, 1.82) is 0 Å². The number of hydrogen-bond acceptors (Lipinski definition) is 3. The lowest BCUT2D eigenvalue weighted by molar-refractivity contribution is -0.142. The van der Waals surface area contributed by atoms with Crippen LogP contribution in [0.15, 0.2) is 24.3 Å². The van der Waals surface area contributed by atoms with Gasteiger partial charge < -0.3 is 15.6 Å². The first-order valence-electron chi connectivity index (χ1n) is 8.30. The number of aryl methyl sites for hydroxylation is 2. The molecule has 22 heavy (non-hydrogen) atoms. The number of carbonyl (C=O) groups is 1. The number of carboxylic acids is 1. The number of carboxylic acid groups (broad SMARTS) is 1. The maximum Gasteiger partial charge on any atom is 0.329 e. The molecule has 4 heteroatoms. The molecule has 0 aliphatic rings. The van der Waals surface area contributed by atoms with Crippen LogP contribution in [-0.2, 0) is 22.4 Å². The van der Waals surface area contributed by atoms with Crippen LogP contribution in [0.2, 0.25) is 0 Å². The van der Waals surface area contributed by atoms with Crippen molar-refractivity contribution in [3.05, 3.63) is 35.4 Å². The predicted octanol–water partition coefficient (Wildman–Crippen LogP) is 3.17. The van der Waals surface area contributed by atoms with Gasteiger partial charge in [0.1, 0.15) is 6.61 Å². The summed E-state index contributed by atoms with van der Waals surface area (Å²) in [5, 5.41) is 8.45. The molecule has 1 rings (SSSR count). The molecule has 0 spiro atoms. The zero-order valence-electron chi connectivity index (χ0n) is 13.4. The van der Waals surface area contributed by atoms with Crippen molar-refractivity contribution in [2.24, 2.45) is 5.73 Å². The molecule has 4 nitrogen and oxygen atoms in total. The molecule has 0 saturated carbocycles. The molecule has 124 valence electrons. The molecule has 0 saturated heterocycles. The SMILES string of the molecule is NCCCCc1ccccc1CCCCCCOCC(=O)O. The Morgan fingerprint density at radius 1 is 0.955 bits per heavy atom. The summed E-state index contributed by atoms with van der Waals surface area (Å²) in [6.07, 6.45) is 8.85. The van der Waals surface area contributed by atoms with Crippen molar-refractivity contribution in [1.82, 2.24) is 0 Å². The lowest BCUT2D eigenvalue weighted by atomic mass is 9.97. The van der Waals surface area contributed by atoms with Crippen LogP contribution < -0.4 is 5.73 Å². The molecule has 1 aromatic carbocycles. The van der Waals surface area contributed by atoms with Crippen LogP contribution in [0.1, 0.15) is 49.7 Å². The summed E-state index contributed by atoms with van der Waals surface area (Å²) >= 11 is 0. The molecule has 0 fully saturated rings. The normalized spacial score (nSPS) is 10.8. The number of rotatable bonds is 13. The van der Waals surface area contributed by atoms with Gasteiger partial charge in [-0.25, -0.2) is 4.79 Å². The van der Waals surface area contributed by atoms with E-state index in [2.05, 4.69) is 24.3 Å². The monoisotopic (exact) mass is 307 g/mol. The van der Waals surface area contributed by atoms with Crippen LogP contribution in [0.5, 0.6) is 0 Å². The number of nitrogens with two attached hydrogens (primary N) is 1. The number of unbranched alkanes of at least 4 members (excludes halogenated alkanes) is 4. The third-order valence-electron chi connectivity index (χ3n) is 3.73. The third-order valence-corrected chi connectivity index (χ3v) is 3.73. The van der Waals surface area contributed by atoms with E-state index >= 15 is 0 Å². The molecular formula is C18H29NO3. The van der Waals surface area contributed by atoms with E-state index in [1.54, 1.807) is 0 Å². The molecule has 0 aromatic heterocycles. The summed E-state index contributed by atoms with van der Waals surface area (Å²) in [5.41, 5.74) is 8.47. The highest BCUT2D eigenvalue weighted by molar-refractivity contribution is 5.67. The Labute approximate surface area is 133 Å². The number of benzene rings is 1. The first-order chi connectivity index (χ1) is 10.7.